The van der Waals surface area contributed by atoms with Gasteiger partial charge in [0.1, 0.15) is 0 Å². The molecule has 0 aliphatic rings. The standard InChI is InChI=1S/C18H20N4O2S/c1-2-22(12-17(23)20-11-16-4-3-9-25-16)13-18(24)21-15-7-5-14(10-19)6-8-15/h3-9H,2,11-13H2,1H3,(H,20,23)(H,21,24). The molecule has 0 saturated carbocycles. The van der Waals surface area contributed by atoms with Gasteiger partial charge >= 0.3 is 0 Å². The smallest absolute Gasteiger partial charge is 0.238 e. The molecule has 0 atom stereocenters. The summed E-state index contributed by atoms with van der Waals surface area (Å²) in [5.41, 5.74) is 1.16. The van der Waals surface area contributed by atoms with E-state index in [0.717, 1.165) is 4.88 Å². The van der Waals surface area contributed by atoms with Gasteiger partial charge in [0.2, 0.25) is 11.8 Å². The molecule has 0 aliphatic carbocycles. The number of hydrogen-bond donors (Lipinski definition) is 2. The van der Waals surface area contributed by atoms with Crippen molar-refractivity contribution in [3.8, 4) is 6.07 Å². The predicted octanol–water partition coefficient (Wildman–Crippen LogP) is 2.20. The number of likely N-dealkylation sites (N-methyl/N-ethyl adjacent to an activating group) is 1. The van der Waals surface area contributed by atoms with E-state index in [1.807, 2.05) is 30.5 Å². The van der Waals surface area contributed by atoms with Crippen LogP contribution in [-0.2, 0) is 16.1 Å². The van der Waals surface area contributed by atoms with E-state index in [4.69, 9.17) is 5.26 Å². The summed E-state index contributed by atoms with van der Waals surface area (Å²) in [6.45, 7) is 3.30. The van der Waals surface area contributed by atoms with Crippen LogP contribution in [0, 0.1) is 11.3 Å². The van der Waals surface area contributed by atoms with Crippen LogP contribution >= 0.6 is 11.3 Å². The maximum Gasteiger partial charge on any atom is 0.238 e. The molecule has 2 amide bonds. The van der Waals surface area contributed by atoms with Crippen LogP contribution in [0.2, 0.25) is 0 Å². The lowest BCUT2D eigenvalue weighted by Gasteiger charge is -2.19. The number of nitrogens with one attached hydrogen (secondary N) is 2. The van der Waals surface area contributed by atoms with Gasteiger partial charge in [-0.2, -0.15) is 5.26 Å². The highest BCUT2D eigenvalue weighted by molar-refractivity contribution is 7.09. The second-order valence-electron chi connectivity index (χ2n) is 5.40. The SMILES string of the molecule is CCN(CC(=O)NCc1cccs1)CC(=O)Nc1ccc(C#N)cc1. The Labute approximate surface area is 151 Å². The Hall–Kier alpha value is -2.69. The third-order valence-corrected chi connectivity index (χ3v) is 4.40. The average molecular weight is 356 g/mol. The highest BCUT2D eigenvalue weighted by Gasteiger charge is 2.13. The van der Waals surface area contributed by atoms with Crippen molar-refractivity contribution in [2.24, 2.45) is 0 Å². The fourth-order valence-corrected chi connectivity index (χ4v) is 2.81. The number of nitrogens with zero attached hydrogens (tertiary/aromatic N) is 2. The summed E-state index contributed by atoms with van der Waals surface area (Å²) >= 11 is 1.59. The summed E-state index contributed by atoms with van der Waals surface area (Å²) in [7, 11) is 0. The number of hydrogen-bond acceptors (Lipinski definition) is 5. The number of thiophene rings is 1. The van der Waals surface area contributed by atoms with Gasteiger partial charge in [-0.1, -0.05) is 13.0 Å². The first-order valence-corrected chi connectivity index (χ1v) is 8.80. The minimum Gasteiger partial charge on any atom is -0.350 e. The van der Waals surface area contributed by atoms with Gasteiger partial charge in [0, 0.05) is 10.6 Å². The predicted molar refractivity (Wildman–Crippen MR) is 98.1 cm³/mol. The van der Waals surface area contributed by atoms with Crippen LogP contribution in [-0.4, -0.2) is 36.3 Å². The van der Waals surface area contributed by atoms with Crippen molar-refractivity contribution >= 4 is 28.8 Å². The zero-order chi connectivity index (χ0) is 18.1. The number of carbonyl (C=O) groups excluding carboxylic acids is 2. The zero-order valence-corrected chi connectivity index (χ0v) is 14.8. The molecule has 0 bridgehead atoms. The van der Waals surface area contributed by atoms with Crippen LogP contribution in [0.25, 0.3) is 0 Å². The van der Waals surface area contributed by atoms with Gasteiger partial charge in [0.15, 0.2) is 0 Å². The van der Waals surface area contributed by atoms with E-state index in [1.165, 1.54) is 0 Å². The molecule has 2 aromatic rings. The van der Waals surface area contributed by atoms with Crippen LogP contribution in [0.15, 0.2) is 41.8 Å². The van der Waals surface area contributed by atoms with Crippen LogP contribution < -0.4 is 10.6 Å². The van der Waals surface area contributed by atoms with Gasteiger partial charge < -0.3 is 10.6 Å². The number of benzene rings is 1. The highest BCUT2D eigenvalue weighted by atomic mass is 32.1. The highest BCUT2D eigenvalue weighted by Crippen LogP contribution is 2.09. The van der Waals surface area contributed by atoms with Gasteiger partial charge in [-0.05, 0) is 42.3 Å². The molecule has 0 saturated heterocycles. The van der Waals surface area contributed by atoms with E-state index in [9.17, 15) is 9.59 Å². The lowest BCUT2D eigenvalue weighted by Crippen LogP contribution is -2.40. The van der Waals surface area contributed by atoms with Gasteiger partial charge in [0.05, 0.1) is 31.3 Å². The van der Waals surface area contributed by atoms with Gasteiger partial charge in [-0.15, -0.1) is 11.3 Å². The first-order valence-electron chi connectivity index (χ1n) is 7.92. The molecule has 7 heteroatoms. The molecule has 0 fully saturated rings. The lowest BCUT2D eigenvalue weighted by molar-refractivity contribution is -0.123. The Morgan fingerprint density at radius 2 is 1.88 bits per heavy atom. The third kappa shape index (κ3) is 6.37. The summed E-state index contributed by atoms with van der Waals surface area (Å²) in [5.74, 6) is -0.306. The minimum atomic E-state index is -0.197. The van der Waals surface area contributed by atoms with Crippen LogP contribution in [0.5, 0.6) is 0 Å². The van der Waals surface area contributed by atoms with Gasteiger partial charge in [-0.25, -0.2) is 0 Å². The number of amides is 2. The van der Waals surface area contributed by atoms with Gasteiger partial charge in [0.25, 0.3) is 0 Å². The second kappa shape index (κ2) is 9.57. The number of anilines is 1. The van der Waals surface area contributed by atoms with Crippen LogP contribution in [0.1, 0.15) is 17.4 Å². The van der Waals surface area contributed by atoms with E-state index >= 15 is 0 Å². The van der Waals surface area contributed by atoms with E-state index in [1.54, 1.807) is 40.5 Å². The normalized spacial score (nSPS) is 10.3. The Morgan fingerprint density at radius 3 is 2.48 bits per heavy atom. The molecule has 1 aromatic heterocycles. The van der Waals surface area contributed by atoms with E-state index in [2.05, 4.69) is 10.6 Å². The zero-order valence-electron chi connectivity index (χ0n) is 14.0. The monoisotopic (exact) mass is 356 g/mol. The molecular formula is C18H20N4O2S. The van der Waals surface area contributed by atoms with E-state index in [-0.39, 0.29) is 24.9 Å². The van der Waals surface area contributed by atoms with Crippen molar-refractivity contribution in [3.63, 3.8) is 0 Å². The summed E-state index contributed by atoms with van der Waals surface area (Å²) in [5, 5.41) is 16.4. The van der Waals surface area contributed by atoms with Crippen molar-refractivity contribution in [1.29, 1.82) is 5.26 Å². The molecule has 0 unspecified atom stereocenters. The Morgan fingerprint density at radius 1 is 1.16 bits per heavy atom. The summed E-state index contributed by atoms with van der Waals surface area (Å²) in [4.78, 5) is 27.0. The van der Waals surface area contributed by atoms with Gasteiger partial charge in [-0.3, -0.25) is 14.5 Å². The minimum absolute atomic E-state index is 0.110. The van der Waals surface area contributed by atoms with Crippen LogP contribution in [0.4, 0.5) is 5.69 Å². The molecule has 130 valence electrons. The first kappa shape index (κ1) is 18.6. The Balaban J connectivity index is 1.78. The average Bonchev–Trinajstić information content (AvgIpc) is 3.13. The molecule has 1 heterocycles. The summed E-state index contributed by atoms with van der Waals surface area (Å²) < 4.78 is 0. The fourth-order valence-electron chi connectivity index (χ4n) is 2.17. The lowest BCUT2D eigenvalue weighted by atomic mass is 10.2. The number of carbonyl (C=O) groups is 2. The van der Waals surface area contributed by atoms with E-state index < -0.39 is 0 Å². The third-order valence-electron chi connectivity index (χ3n) is 3.52. The first-order chi connectivity index (χ1) is 12.1. The van der Waals surface area contributed by atoms with Crippen molar-refractivity contribution in [3.05, 3.63) is 52.2 Å². The summed E-state index contributed by atoms with van der Waals surface area (Å²) in [6, 6.07) is 12.6. The molecule has 2 N–H and O–H groups in total. The molecule has 25 heavy (non-hydrogen) atoms. The largest absolute Gasteiger partial charge is 0.350 e. The number of nitriles is 1. The molecule has 6 nitrogen and oxygen atoms in total. The maximum absolute atomic E-state index is 12.1. The Kier molecular flexibility index (Phi) is 7.14. The number of rotatable bonds is 8. The fraction of sp³-hybridized carbons (Fsp3) is 0.278. The van der Waals surface area contributed by atoms with Crippen molar-refractivity contribution in [2.45, 2.75) is 13.5 Å². The summed E-state index contributed by atoms with van der Waals surface area (Å²) in [6.07, 6.45) is 0. The maximum atomic E-state index is 12.1. The Bertz CT molecular complexity index is 735. The molecular weight excluding hydrogens is 336 g/mol. The molecule has 0 radical (unpaired) electrons. The van der Waals surface area contributed by atoms with Crippen molar-refractivity contribution < 1.29 is 9.59 Å². The van der Waals surface area contributed by atoms with Crippen molar-refractivity contribution in [2.75, 3.05) is 25.0 Å². The molecule has 0 spiro atoms. The molecule has 1 aromatic carbocycles. The van der Waals surface area contributed by atoms with Crippen molar-refractivity contribution in [1.82, 2.24) is 10.2 Å². The molecule has 2 rings (SSSR count). The quantitative estimate of drug-likeness (QED) is 0.759. The topological polar surface area (TPSA) is 85.2 Å². The van der Waals surface area contributed by atoms with E-state index in [0.29, 0.717) is 24.3 Å². The second-order valence-corrected chi connectivity index (χ2v) is 6.43. The van der Waals surface area contributed by atoms with Crippen LogP contribution in [0.3, 0.4) is 0 Å². The molecule has 0 aliphatic heterocycles.